The summed E-state index contributed by atoms with van der Waals surface area (Å²) < 4.78 is 46.2. The highest BCUT2D eigenvalue weighted by Crippen LogP contribution is 2.58. The molecule has 7 rings (SSSR count). The van der Waals surface area contributed by atoms with Crippen LogP contribution in [0.25, 0.3) is 11.3 Å². The smallest absolute Gasteiger partial charge is 0.433 e. The monoisotopic (exact) mass is 518 g/mol. The summed E-state index contributed by atoms with van der Waals surface area (Å²) in [5.74, 6) is 0.560. The van der Waals surface area contributed by atoms with Crippen molar-refractivity contribution in [2.24, 2.45) is 5.92 Å². The molecule has 3 fully saturated rings. The van der Waals surface area contributed by atoms with Crippen LogP contribution in [0.4, 0.5) is 13.2 Å². The summed E-state index contributed by atoms with van der Waals surface area (Å²) in [5.41, 5.74) is 0.336. The number of aliphatic hydroxyl groups is 1. The normalized spacial score (nSPS) is 28.7. The third kappa shape index (κ3) is 4.02. The Labute approximate surface area is 209 Å². The minimum absolute atomic E-state index is 0.120. The van der Waals surface area contributed by atoms with Gasteiger partial charge in [-0.1, -0.05) is 11.6 Å². The number of hydrogen-bond acceptors (Lipinski definition) is 5. The van der Waals surface area contributed by atoms with Gasteiger partial charge in [-0.2, -0.15) is 13.2 Å². The first kappa shape index (κ1) is 23.3. The van der Waals surface area contributed by atoms with Gasteiger partial charge in [0.2, 0.25) is 0 Å². The number of amides is 1. The number of aromatic nitrogens is 3. The number of fused-ring (bicyclic) bond motifs is 2. The zero-order valence-corrected chi connectivity index (χ0v) is 19.6. The number of nitrogens with zero attached hydrogens (tertiary/aromatic N) is 3. The molecule has 3 aliphatic carbocycles. The summed E-state index contributed by atoms with van der Waals surface area (Å²) >= 11 is 6.00. The average molecular weight is 519 g/mol. The van der Waals surface area contributed by atoms with Gasteiger partial charge in [0.15, 0.2) is 6.10 Å². The molecule has 2 aromatic heterocycles. The zero-order chi connectivity index (χ0) is 25.2. The summed E-state index contributed by atoms with van der Waals surface area (Å²) in [7, 11) is 0. The van der Waals surface area contributed by atoms with E-state index in [1.54, 1.807) is 24.5 Å². The van der Waals surface area contributed by atoms with E-state index in [1.807, 2.05) is 10.8 Å². The lowest BCUT2D eigenvalue weighted by Crippen LogP contribution is -2.56. The third-order valence-electron chi connectivity index (χ3n) is 7.50. The van der Waals surface area contributed by atoms with Crippen molar-refractivity contribution in [1.82, 2.24) is 19.9 Å². The second-order valence-electron chi connectivity index (χ2n) is 9.89. The molecule has 11 heteroatoms. The number of imidazole rings is 1. The van der Waals surface area contributed by atoms with Crippen LogP contribution >= 0.6 is 11.6 Å². The fourth-order valence-electron chi connectivity index (χ4n) is 5.75. The molecule has 3 saturated carbocycles. The van der Waals surface area contributed by atoms with Gasteiger partial charge in [-0.3, -0.25) is 9.78 Å². The molecule has 1 amide bonds. The first-order valence-corrected chi connectivity index (χ1v) is 12.0. The summed E-state index contributed by atoms with van der Waals surface area (Å²) in [6.07, 6.45) is 1.05. The van der Waals surface area contributed by atoms with Gasteiger partial charge in [0, 0.05) is 46.5 Å². The van der Waals surface area contributed by atoms with Gasteiger partial charge in [0.05, 0.1) is 18.1 Å². The SMILES string of the molecule is O=C(NC12CC(C1)C(n1cnc(-c3ccc(C(F)(F)F)nc3)c1)C2)[C@@H]1C[C@@H](O)c2cc(Cl)ccc2O1. The number of aliphatic hydroxyl groups excluding tert-OH is 1. The highest BCUT2D eigenvalue weighted by molar-refractivity contribution is 6.30. The molecule has 1 aromatic carbocycles. The van der Waals surface area contributed by atoms with E-state index in [0.29, 0.717) is 39.9 Å². The maximum Gasteiger partial charge on any atom is 0.433 e. The van der Waals surface area contributed by atoms with Crippen molar-refractivity contribution >= 4 is 17.5 Å². The molecule has 0 spiro atoms. The van der Waals surface area contributed by atoms with Crippen LogP contribution in [0.1, 0.15) is 49.1 Å². The largest absolute Gasteiger partial charge is 0.480 e. The highest BCUT2D eigenvalue weighted by Gasteiger charge is 2.58. The van der Waals surface area contributed by atoms with Crippen LogP contribution in [0, 0.1) is 5.92 Å². The third-order valence-corrected chi connectivity index (χ3v) is 7.74. The standard InChI is InChI=1S/C25H22ClF3N4O3/c26-15-2-3-20-16(5-15)19(34)6-21(36-20)23(35)32-24-7-14(8-24)18(9-24)33-11-17(31-12-33)13-1-4-22(30-10-13)25(27,28)29/h1-5,10-12,14,18-19,21,34H,6-9H2,(H,32,35)/t14?,18?,19-,21+,24?/m1/s1. The van der Waals surface area contributed by atoms with Gasteiger partial charge in [-0.25, -0.2) is 4.98 Å². The molecule has 0 saturated heterocycles. The first-order valence-electron chi connectivity index (χ1n) is 11.6. The zero-order valence-electron chi connectivity index (χ0n) is 18.9. The van der Waals surface area contributed by atoms with Gasteiger partial charge in [-0.05, 0) is 55.5 Å². The Morgan fingerprint density at radius 2 is 2.00 bits per heavy atom. The summed E-state index contributed by atoms with van der Waals surface area (Å²) in [4.78, 5) is 20.9. The van der Waals surface area contributed by atoms with Gasteiger partial charge < -0.3 is 19.7 Å². The molecule has 1 aliphatic heterocycles. The van der Waals surface area contributed by atoms with Gasteiger partial charge in [-0.15, -0.1) is 0 Å². The lowest BCUT2D eigenvalue weighted by Gasteiger charge is -2.40. The topological polar surface area (TPSA) is 89.3 Å². The molecule has 3 heterocycles. The number of benzene rings is 1. The number of carbonyl (C=O) groups is 1. The van der Waals surface area contributed by atoms with Crippen molar-refractivity contribution < 1.29 is 27.8 Å². The number of pyridine rings is 1. The second kappa shape index (κ2) is 8.21. The van der Waals surface area contributed by atoms with Crippen LogP contribution in [0.5, 0.6) is 5.75 Å². The maximum atomic E-state index is 13.1. The first-order chi connectivity index (χ1) is 17.1. The van der Waals surface area contributed by atoms with E-state index in [0.717, 1.165) is 18.9 Å². The molecule has 36 heavy (non-hydrogen) atoms. The van der Waals surface area contributed by atoms with Crippen molar-refractivity contribution in [3.05, 3.63) is 65.3 Å². The molecule has 2 N–H and O–H groups in total. The highest BCUT2D eigenvalue weighted by atomic mass is 35.5. The minimum atomic E-state index is -4.49. The van der Waals surface area contributed by atoms with E-state index in [9.17, 15) is 23.1 Å². The number of hydrogen-bond donors (Lipinski definition) is 2. The fraction of sp³-hybridized carbons (Fsp3) is 0.400. The Morgan fingerprint density at radius 3 is 2.72 bits per heavy atom. The summed E-state index contributed by atoms with van der Waals surface area (Å²) in [5, 5.41) is 14.1. The van der Waals surface area contributed by atoms with Crippen molar-refractivity contribution in [2.75, 3.05) is 0 Å². The van der Waals surface area contributed by atoms with Crippen LogP contribution in [0.2, 0.25) is 5.02 Å². The summed E-state index contributed by atoms with van der Waals surface area (Å²) in [6, 6.07) is 7.39. The molecule has 1 unspecified atom stereocenters. The Hall–Kier alpha value is -3.11. The lowest BCUT2D eigenvalue weighted by molar-refractivity contribution is -0.141. The molecular formula is C25H22ClF3N4O3. The van der Waals surface area contributed by atoms with Crippen molar-refractivity contribution in [3.8, 4) is 17.0 Å². The Kier molecular flexibility index (Phi) is 5.31. The lowest BCUT2D eigenvalue weighted by atomic mass is 9.76. The molecule has 0 radical (unpaired) electrons. The van der Waals surface area contributed by atoms with Gasteiger partial charge in [0.25, 0.3) is 5.91 Å². The average Bonchev–Trinajstić information content (AvgIpc) is 3.52. The number of ether oxygens (including phenoxy) is 1. The van der Waals surface area contributed by atoms with Crippen LogP contribution in [0.15, 0.2) is 49.1 Å². The molecule has 3 aromatic rings. The number of alkyl halides is 3. The van der Waals surface area contributed by atoms with E-state index in [2.05, 4.69) is 15.3 Å². The Morgan fingerprint density at radius 1 is 1.19 bits per heavy atom. The van der Waals surface area contributed by atoms with E-state index >= 15 is 0 Å². The molecule has 188 valence electrons. The number of nitrogens with one attached hydrogen (secondary N) is 1. The maximum absolute atomic E-state index is 13.1. The van der Waals surface area contributed by atoms with Crippen LogP contribution in [-0.4, -0.2) is 37.2 Å². The van der Waals surface area contributed by atoms with Gasteiger partial charge in [0.1, 0.15) is 11.4 Å². The van der Waals surface area contributed by atoms with Gasteiger partial charge >= 0.3 is 6.18 Å². The number of carbonyl (C=O) groups excluding carboxylic acids is 1. The molecule has 4 aliphatic rings. The number of halogens is 4. The van der Waals surface area contributed by atoms with E-state index in [4.69, 9.17) is 16.3 Å². The quantitative estimate of drug-likeness (QED) is 0.522. The number of rotatable bonds is 4. The van der Waals surface area contributed by atoms with Crippen LogP contribution < -0.4 is 10.1 Å². The van der Waals surface area contributed by atoms with Crippen LogP contribution in [-0.2, 0) is 11.0 Å². The van der Waals surface area contributed by atoms with Crippen LogP contribution in [0.3, 0.4) is 0 Å². The van der Waals surface area contributed by atoms with Crippen molar-refractivity contribution in [3.63, 3.8) is 0 Å². The summed E-state index contributed by atoms with van der Waals surface area (Å²) in [6.45, 7) is 0. The van der Waals surface area contributed by atoms with E-state index in [1.165, 1.54) is 12.3 Å². The Bertz CT molecular complexity index is 1320. The Balaban J connectivity index is 1.11. The minimum Gasteiger partial charge on any atom is -0.480 e. The van der Waals surface area contributed by atoms with Crippen molar-refractivity contribution in [1.29, 1.82) is 0 Å². The van der Waals surface area contributed by atoms with Crippen molar-refractivity contribution in [2.45, 2.75) is 55.6 Å². The molecule has 2 bridgehead atoms. The van der Waals surface area contributed by atoms with E-state index < -0.39 is 24.1 Å². The second-order valence-corrected chi connectivity index (χ2v) is 10.3. The fourth-order valence-corrected chi connectivity index (χ4v) is 5.93. The molecule has 3 atom stereocenters. The predicted molar refractivity (Wildman–Crippen MR) is 123 cm³/mol. The molecule has 7 nitrogen and oxygen atoms in total. The predicted octanol–water partition coefficient (Wildman–Crippen LogP) is 4.71. The molecular weight excluding hydrogens is 497 g/mol. The van der Waals surface area contributed by atoms with E-state index in [-0.39, 0.29) is 23.9 Å².